The molecule has 2 aliphatic rings. The summed E-state index contributed by atoms with van der Waals surface area (Å²) in [5.74, 6) is 2.07. The highest BCUT2D eigenvalue weighted by Gasteiger charge is 2.40. The normalized spacial score (nSPS) is 18.1. The number of methoxy groups -OCH3 is 1. The molecule has 1 saturated heterocycles. The van der Waals surface area contributed by atoms with Gasteiger partial charge in [0.1, 0.15) is 37.4 Å². The van der Waals surface area contributed by atoms with Gasteiger partial charge in [0, 0.05) is 19.7 Å². The zero-order valence-electron chi connectivity index (χ0n) is 18.7. The summed E-state index contributed by atoms with van der Waals surface area (Å²) in [6.45, 7) is 1.71. The van der Waals surface area contributed by atoms with E-state index in [1.165, 1.54) is 21.3 Å². The van der Waals surface area contributed by atoms with Crippen molar-refractivity contribution in [3.63, 3.8) is 0 Å². The van der Waals surface area contributed by atoms with Gasteiger partial charge in [0.05, 0.1) is 18.6 Å². The first-order valence-electron chi connectivity index (χ1n) is 10.8. The van der Waals surface area contributed by atoms with Gasteiger partial charge in [0.15, 0.2) is 11.5 Å². The maximum Gasteiger partial charge on any atom is 0.243 e. The molecule has 1 atom stereocenters. The lowest BCUT2D eigenvalue weighted by atomic mass is 10.2. The van der Waals surface area contributed by atoms with E-state index < -0.39 is 16.1 Å². The van der Waals surface area contributed by atoms with Crippen LogP contribution in [0.1, 0.15) is 12.8 Å². The molecule has 9 nitrogen and oxygen atoms in total. The van der Waals surface area contributed by atoms with E-state index in [4.69, 9.17) is 18.9 Å². The Kier molecular flexibility index (Phi) is 6.94. The molecule has 2 aromatic carbocycles. The molecule has 0 bridgehead atoms. The molecule has 0 radical (unpaired) electrons. The number of amides is 1. The van der Waals surface area contributed by atoms with Crippen molar-refractivity contribution < 1.29 is 32.2 Å². The minimum Gasteiger partial charge on any atom is -0.497 e. The Bertz CT molecular complexity index is 1090. The molecule has 1 fully saturated rings. The Labute approximate surface area is 193 Å². The number of ether oxygens (including phenoxy) is 4. The summed E-state index contributed by atoms with van der Waals surface area (Å²) in [7, 11) is -0.609. The zero-order chi connectivity index (χ0) is 23.4. The molecular formula is C23H28N2O7S. The number of carbonyl (C=O) groups excluding carboxylic acids is 1. The number of fused-ring (bicyclic) bond motifs is 1. The summed E-state index contributed by atoms with van der Waals surface area (Å²) in [5, 5.41) is 0. The molecule has 4 rings (SSSR count). The molecule has 2 aromatic rings. The first-order valence-corrected chi connectivity index (χ1v) is 12.3. The van der Waals surface area contributed by atoms with Crippen LogP contribution < -0.4 is 18.9 Å². The van der Waals surface area contributed by atoms with Crippen molar-refractivity contribution in [3.05, 3.63) is 42.5 Å². The summed E-state index contributed by atoms with van der Waals surface area (Å²) in [5.41, 5.74) is 0. The van der Waals surface area contributed by atoms with Crippen LogP contribution in [0.2, 0.25) is 0 Å². The summed E-state index contributed by atoms with van der Waals surface area (Å²) in [6.07, 6.45) is 1.10. The van der Waals surface area contributed by atoms with E-state index in [-0.39, 0.29) is 17.4 Å². The van der Waals surface area contributed by atoms with Crippen LogP contribution in [0.3, 0.4) is 0 Å². The topological polar surface area (TPSA) is 94.6 Å². The Morgan fingerprint density at radius 3 is 2.52 bits per heavy atom. The standard InChI is InChI=1S/C23H28N2O7S/c1-24(12-13-30-18-7-5-17(29-2)6-8-18)23(26)20-4-3-11-25(20)33(27,28)19-9-10-21-22(16-19)32-15-14-31-21/h5-10,16,20H,3-4,11-15H2,1-2H3. The molecule has 10 heteroatoms. The zero-order valence-corrected chi connectivity index (χ0v) is 19.5. The molecular weight excluding hydrogens is 448 g/mol. The molecule has 0 saturated carbocycles. The first-order chi connectivity index (χ1) is 15.9. The highest BCUT2D eigenvalue weighted by molar-refractivity contribution is 7.89. The van der Waals surface area contributed by atoms with E-state index in [0.29, 0.717) is 56.4 Å². The second-order valence-corrected chi connectivity index (χ2v) is 9.75. The van der Waals surface area contributed by atoms with Crippen molar-refractivity contribution in [2.24, 2.45) is 0 Å². The van der Waals surface area contributed by atoms with Crippen molar-refractivity contribution in [1.29, 1.82) is 0 Å². The van der Waals surface area contributed by atoms with Crippen LogP contribution in [-0.4, -0.2) is 76.6 Å². The van der Waals surface area contributed by atoms with Crippen LogP contribution in [0, 0.1) is 0 Å². The number of nitrogens with zero attached hydrogens (tertiary/aromatic N) is 2. The van der Waals surface area contributed by atoms with Crippen molar-refractivity contribution in [2.45, 2.75) is 23.8 Å². The third-order valence-corrected chi connectivity index (χ3v) is 7.64. The summed E-state index contributed by atoms with van der Waals surface area (Å²) in [6, 6.07) is 11.0. The molecule has 1 unspecified atom stereocenters. The fourth-order valence-corrected chi connectivity index (χ4v) is 5.60. The molecule has 2 heterocycles. The van der Waals surface area contributed by atoms with Crippen LogP contribution in [0.4, 0.5) is 0 Å². The lowest BCUT2D eigenvalue weighted by Gasteiger charge is -2.28. The minimum absolute atomic E-state index is 0.0944. The minimum atomic E-state index is -3.86. The van der Waals surface area contributed by atoms with Crippen molar-refractivity contribution in [3.8, 4) is 23.0 Å². The Hall–Kier alpha value is -2.98. The van der Waals surface area contributed by atoms with Crippen LogP contribution in [0.5, 0.6) is 23.0 Å². The maximum absolute atomic E-state index is 13.3. The summed E-state index contributed by atoms with van der Waals surface area (Å²) in [4.78, 5) is 14.7. The Morgan fingerprint density at radius 1 is 1.09 bits per heavy atom. The van der Waals surface area contributed by atoms with Crippen molar-refractivity contribution in [1.82, 2.24) is 9.21 Å². The van der Waals surface area contributed by atoms with E-state index in [1.807, 2.05) is 0 Å². The smallest absolute Gasteiger partial charge is 0.243 e. The SMILES string of the molecule is COc1ccc(OCCN(C)C(=O)C2CCCN2S(=O)(=O)c2ccc3c(c2)OCCO3)cc1. The number of rotatable bonds is 8. The van der Waals surface area contributed by atoms with Gasteiger partial charge in [-0.05, 0) is 49.2 Å². The largest absolute Gasteiger partial charge is 0.497 e. The fourth-order valence-electron chi connectivity index (χ4n) is 3.93. The first kappa shape index (κ1) is 23.2. The maximum atomic E-state index is 13.3. The van der Waals surface area contributed by atoms with Gasteiger partial charge in [0.25, 0.3) is 0 Å². The van der Waals surface area contributed by atoms with Gasteiger partial charge in [-0.25, -0.2) is 8.42 Å². The lowest BCUT2D eigenvalue weighted by molar-refractivity contribution is -0.133. The van der Waals surface area contributed by atoms with E-state index in [2.05, 4.69) is 0 Å². The van der Waals surface area contributed by atoms with Crippen molar-refractivity contribution in [2.75, 3.05) is 47.1 Å². The van der Waals surface area contributed by atoms with Gasteiger partial charge in [0.2, 0.25) is 15.9 Å². The van der Waals surface area contributed by atoms with E-state index in [9.17, 15) is 13.2 Å². The third-order valence-electron chi connectivity index (χ3n) is 5.74. The van der Waals surface area contributed by atoms with Crippen LogP contribution in [0.15, 0.2) is 47.4 Å². The second-order valence-electron chi connectivity index (χ2n) is 7.86. The van der Waals surface area contributed by atoms with Gasteiger partial charge in [-0.3, -0.25) is 4.79 Å². The monoisotopic (exact) mass is 476 g/mol. The molecule has 0 spiro atoms. The molecule has 1 amide bonds. The molecule has 2 aliphatic heterocycles. The summed E-state index contributed by atoms with van der Waals surface area (Å²) >= 11 is 0. The van der Waals surface area contributed by atoms with Gasteiger partial charge in [-0.15, -0.1) is 0 Å². The Balaban J connectivity index is 1.39. The van der Waals surface area contributed by atoms with Gasteiger partial charge < -0.3 is 23.8 Å². The molecule has 0 aliphatic carbocycles. The predicted molar refractivity (Wildman–Crippen MR) is 120 cm³/mol. The second kappa shape index (κ2) is 9.88. The van der Waals surface area contributed by atoms with Crippen LogP contribution >= 0.6 is 0 Å². The quantitative estimate of drug-likeness (QED) is 0.576. The number of sulfonamides is 1. The number of likely N-dealkylation sites (N-methyl/N-ethyl adjacent to an activating group) is 1. The average Bonchev–Trinajstić information content (AvgIpc) is 3.34. The average molecular weight is 477 g/mol. The van der Waals surface area contributed by atoms with Crippen molar-refractivity contribution >= 4 is 15.9 Å². The molecule has 33 heavy (non-hydrogen) atoms. The molecule has 0 N–H and O–H groups in total. The van der Waals surface area contributed by atoms with Crippen LogP contribution in [0.25, 0.3) is 0 Å². The summed E-state index contributed by atoms with van der Waals surface area (Å²) < 4.78 is 49.8. The number of hydrogen-bond acceptors (Lipinski definition) is 7. The lowest BCUT2D eigenvalue weighted by Crippen LogP contribution is -2.47. The van der Waals surface area contributed by atoms with E-state index in [1.54, 1.807) is 44.5 Å². The fraction of sp³-hybridized carbons (Fsp3) is 0.435. The molecule has 0 aromatic heterocycles. The van der Waals surface area contributed by atoms with Gasteiger partial charge in [-0.1, -0.05) is 0 Å². The highest BCUT2D eigenvalue weighted by Crippen LogP contribution is 2.35. The molecule has 178 valence electrons. The third kappa shape index (κ3) is 5.01. The van der Waals surface area contributed by atoms with Gasteiger partial charge >= 0.3 is 0 Å². The van der Waals surface area contributed by atoms with E-state index in [0.717, 1.165) is 5.75 Å². The number of carbonyl (C=O) groups is 1. The highest BCUT2D eigenvalue weighted by atomic mass is 32.2. The van der Waals surface area contributed by atoms with Crippen LogP contribution in [-0.2, 0) is 14.8 Å². The number of benzene rings is 2. The Morgan fingerprint density at radius 2 is 1.79 bits per heavy atom. The predicted octanol–water partition coefficient (Wildman–Crippen LogP) is 2.16. The van der Waals surface area contributed by atoms with Gasteiger partial charge in [-0.2, -0.15) is 4.31 Å². The van der Waals surface area contributed by atoms with E-state index >= 15 is 0 Å². The number of hydrogen-bond donors (Lipinski definition) is 0.